The minimum absolute atomic E-state index is 0.00987. The van der Waals surface area contributed by atoms with Gasteiger partial charge in [-0.3, -0.25) is 34.1 Å². The molecule has 1 unspecified atom stereocenters. The molecule has 2 aliphatic heterocycles. The molecule has 0 saturated carbocycles. The van der Waals surface area contributed by atoms with Crippen molar-refractivity contribution >= 4 is 50.9 Å². The molecule has 9 nitrogen and oxygen atoms in total. The van der Waals surface area contributed by atoms with Crippen LogP contribution in [0.5, 0.6) is 0 Å². The lowest BCUT2D eigenvalue weighted by atomic mass is 10.0. The highest BCUT2D eigenvalue weighted by molar-refractivity contribution is 7.92. The van der Waals surface area contributed by atoms with Crippen LogP contribution in [0.4, 0.5) is 5.69 Å². The van der Waals surface area contributed by atoms with Crippen molar-refractivity contribution in [3.8, 4) is 0 Å². The number of imide groups is 2. The second-order valence-corrected chi connectivity index (χ2v) is 8.89. The number of piperidine rings is 1. The van der Waals surface area contributed by atoms with E-state index in [9.17, 15) is 27.6 Å². The molecule has 30 heavy (non-hydrogen) atoms. The number of nitrogens with one attached hydrogen (secondary N) is 2. The van der Waals surface area contributed by atoms with E-state index in [2.05, 4.69) is 10.0 Å². The van der Waals surface area contributed by atoms with Gasteiger partial charge < -0.3 is 0 Å². The number of rotatable bonds is 4. The number of nitrogens with zero attached hydrogens (tertiary/aromatic N) is 1. The van der Waals surface area contributed by atoms with Crippen molar-refractivity contribution in [1.29, 1.82) is 0 Å². The average molecular weight is 448 g/mol. The molecule has 154 valence electrons. The maximum atomic E-state index is 12.8. The number of hydrogen-bond donors (Lipinski definition) is 2. The first-order valence-corrected chi connectivity index (χ1v) is 10.7. The highest BCUT2D eigenvalue weighted by Gasteiger charge is 2.44. The highest BCUT2D eigenvalue weighted by Crippen LogP contribution is 2.30. The summed E-state index contributed by atoms with van der Waals surface area (Å²) in [5, 5.41) is 2.49. The number of hydrogen-bond acceptors (Lipinski definition) is 6. The lowest BCUT2D eigenvalue weighted by Crippen LogP contribution is -2.54. The van der Waals surface area contributed by atoms with E-state index in [1.807, 2.05) is 0 Å². The molecule has 0 aromatic heterocycles. The molecule has 0 spiro atoms. The van der Waals surface area contributed by atoms with Crippen LogP contribution in [0.15, 0.2) is 47.4 Å². The summed E-state index contributed by atoms with van der Waals surface area (Å²) >= 11 is 5.78. The summed E-state index contributed by atoms with van der Waals surface area (Å²) in [5.74, 6) is -2.58. The van der Waals surface area contributed by atoms with Gasteiger partial charge in [-0.1, -0.05) is 11.6 Å². The molecule has 1 fully saturated rings. The number of carbonyl (C=O) groups excluding carboxylic acids is 4. The van der Waals surface area contributed by atoms with Gasteiger partial charge in [-0.15, -0.1) is 0 Å². The van der Waals surface area contributed by atoms with Gasteiger partial charge in [0.1, 0.15) is 6.04 Å². The van der Waals surface area contributed by atoms with Gasteiger partial charge in [0, 0.05) is 17.1 Å². The predicted molar refractivity (Wildman–Crippen MR) is 105 cm³/mol. The molecule has 0 radical (unpaired) electrons. The summed E-state index contributed by atoms with van der Waals surface area (Å²) in [7, 11) is -3.95. The minimum atomic E-state index is -3.95. The van der Waals surface area contributed by atoms with E-state index in [1.165, 1.54) is 42.5 Å². The van der Waals surface area contributed by atoms with Crippen LogP contribution in [0.3, 0.4) is 0 Å². The summed E-state index contributed by atoms with van der Waals surface area (Å²) in [5.41, 5.74) is 0.107. The standard InChI is InChI=1S/C19H14ClN3O6S/c20-10-1-4-12(5-2-10)30(28,29)22-11-3-6-13-14(9-11)19(27)23(18(13)26)15-7-8-16(24)21-17(15)25/h1-6,9,15,22H,7-8H2,(H,21,24,25). The lowest BCUT2D eigenvalue weighted by molar-refractivity contribution is -0.136. The van der Waals surface area contributed by atoms with Crippen LogP contribution in [0.1, 0.15) is 33.6 Å². The highest BCUT2D eigenvalue weighted by atomic mass is 35.5. The Morgan fingerprint density at radius 3 is 2.30 bits per heavy atom. The van der Waals surface area contributed by atoms with E-state index < -0.39 is 39.7 Å². The monoisotopic (exact) mass is 447 g/mol. The average Bonchev–Trinajstić information content (AvgIpc) is 2.92. The number of carbonyl (C=O) groups is 4. The van der Waals surface area contributed by atoms with Crippen molar-refractivity contribution in [1.82, 2.24) is 10.2 Å². The Morgan fingerprint density at radius 1 is 0.967 bits per heavy atom. The normalized spacial score (nSPS) is 19.0. The van der Waals surface area contributed by atoms with Gasteiger partial charge in [-0.25, -0.2) is 8.42 Å². The van der Waals surface area contributed by atoms with Crippen LogP contribution < -0.4 is 10.0 Å². The number of sulfonamides is 1. The van der Waals surface area contributed by atoms with Crippen molar-refractivity contribution in [2.75, 3.05) is 4.72 Å². The number of benzene rings is 2. The Kier molecular flexibility index (Phi) is 4.83. The lowest BCUT2D eigenvalue weighted by Gasteiger charge is -2.27. The van der Waals surface area contributed by atoms with Gasteiger partial charge in [-0.05, 0) is 48.9 Å². The summed E-state index contributed by atoms with van der Waals surface area (Å²) in [6, 6.07) is 8.35. The van der Waals surface area contributed by atoms with Crippen molar-refractivity contribution in [3.05, 3.63) is 58.6 Å². The van der Waals surface area contributed by atoms with E-state index in [-0.39, 0.29) is 34.6 Å². The maximum absolute atomic E-state index is 12.8. The van der Waals surface area contributed by atoms with Gasteiger partial charge in [-0.2, -0.15) is 0 Å². The van der Waals surface area contributed by atoms with Gasteiger partial charge in [0.25, 0.3) is 21.8 Å². The Hall–Kier alpha value is -3.24. The first-order valence-electron chi connectivity index (χ1n) is 8.81. The molecule has 4 rings (SSSR count). The summed E-state index contributed by atoms with van der Waals surface area (Å²) in [4.78, 5) is 49.7. The molecule has 2 N–H and O–H groups in total. The van der Waals surface area contributed by atoms with E-state index in [0.717, 1.165) is 4.90 Å². The Bertz CT molecular complexity index is 1210. The van der Waals surface area contributed by atoms with E-state index in [4.69, 9.17) is 11.6 Å². The Balaban J connectivity index is 1.61. The number of anilines is 1. The molecular formula is C19H14ClN3O6S. The molecule has 2 aromatic carbocycles. The zero-order valence-electron chi connectivity index (χ0n) is 15.2. The van der Waals surface area contributed by atoms with E-state index in [0.29, 0.717) is 5.02 Å². The van der Waals surface area contributed by atoms with Crippen molar-refractivity contribution < 1.29 is 27.6 Å². The topological polar surface area (TPSA) is 130 Å². The molecule has 0 aliphatic carbocycles. The molecule has 11 heteroatoms. The molecule has 2 heterocycles. The molecule has 4 amide bonds. The number of amides is 4. The molecule has 1 atom stereocenters. The fourth-order valence-corrected chi connectivity index (χ4v) is 4.54. The third-order valence-electron chi connectivity index (χ3n) is 4.82. The number of fused-ring (bicyclic) bond motifs is 1. The maximum Gasteiger partial charge on any atom is 0.262 e. The fourth-order valence-electron chi connectivity index (χ4n) is 3.36. The van der Waals surface area contributed by atoms with Gasteiger partial charge in [0.15, 0.2) is 0 Å². The molecule has 2 aromatic rings. The zero-order valence-corrected chi connectivity index (χ0v) is 16.8. The van der Waals surface area contributed by atoms with Crippen molar-refractivity contribution in [2.45, 2.75) is 23.8 Å². The van der Waals surface area contributed by atoms with Crippen LogP contribution in [-0.2, 0) is 19.6 Å². The minimum Gasteiger partial charge on any atom is -0.295 e. The van der Waals surface area contributed by atoms with Gasteiger partial charge in [0.05, 0.1) is 16.0 Å². The van der Waals surface area contributed by atoms with E-state index in [1.54, 1.807) is 0 Å². The zero-order chi connectivity index (χ0) is 21.6. The Labute approximate surface area is 176 Å². The van der Waals surface area contributed by atoms with Crippen molar-refractivity contribution in [3.63, 3.8) is 0 Å². The van der Waals surface area contributed by atoms with Gasteiger partial charge >= 0.3 is 0 Å². The molecule has 2 aliphatic rings. The third kappa shape index (κ3) is 3.44. The molecular weight excluding hydrogens is 434 g/mol. The van der Waals surface area contributed by atoms with Crippen LogP contribution in [0.2, 0.25) is 5.02 Å². The van der Waals surface area contributed by atoms with E-state index >= 15 is 0 Å². The van der Waals surface area contributed by atoms with Crippen LogP contribution in [0, 0.1) is 0 Å². The smallest absolute Gasteiger partial charge is 0.262 e. The Morgan fingerprint density at radius 2 is 1.63 bits per heavy atom. The fraction of sp³-hybridized carbons (Fsp3) is 0.158. The van der Waals surface area contributed by atoms with Gasteiger partial charge in [0.2, 0.25) is 11.8 Å². The third-order valence-corrected chi connectivity index (χ3v) is 6.47. The SMILES string of the molecule is O=C1CCC(N2C(=O)c3ccc(NS(=O)(=O)c4ccc(Cl)cc4)cc3C2=O)C(=O)N1. The second-order valence-electron chi connectivity index (χ2n) is 6.77. The largest absolute Gasteiger partial charge is 0.295 e. The quantitative estimate of drug-likeness (QED) is 0.684. The van der Waals surface area contributed by atoms with Crippen molar-refractivity contribution in [2.24, 2.45) is 0 Å². The summed E-state index contributed by atoms with van der Waals surface area (Å²) in [6.45, 7) is 0. The summed E-state index contributed by atoms with van der Waals surface area (Å²) in [6.07, 6.45) is 0.0438. The predicted octanol–water partition coefficient (Wildman–Crippen LogP) is 1.54. The van der Waals surface area contributed by atoms with Crippen LogP contribution >= 0.6 is 11.6 Å². The first-order chi connectivity index (χ1) is 14.2. The summed E-state index contributed by atoms with van der Waals surface area (Å²) < 4.78 is 27.4. The molecule has 0 bridgehead atoms. The number of halogens is 1. The van der Waals surface area contributed by atoms with Crippen LogP contribution in [0.25, 0.3) is 0 Å². The molecule has 1 saturated heterocycles. The first kappa shape index (κ1) is 20.0. The second kappa shape index (κ2) is 7.22. The van der Waals surface area contributed by atoms with Crippen LogP contribution in [-0.4, -0.2) is 43.0 Å².